The molecule has 1 fully saturated rings. The summed E-state index contributed by atoms with van der Waals surface area (Å²) >= 11 is 0. The summed E-state index contributed by atoms with van der Waals surface area (Å²) in [6.45, 7) is 6.72. The third-order valence-electron chi connectivity index (χ3n) is 5.42. The Morgan fingerprint density at radius 2 is 2.00 bits per heavy atom. The van der Waals surface area contributed by atoms with Crippen LogP contribution < -0.4 is 16.0 Å². The van der Waals surface area contributed by atoms with Gasteiger partial charge < -0.3 is 15.5 Å². The molecule has 0 saturated carbocycles. The van der Waals surface area contributed by atoms with Crippen LogP contribution in [0.5, 0.6) is 0 Å². The number of urea groups is 2. The number of aromatic nitrogens is 2. The minimum atomic E-state index is -0.609. The number of imide groups is 1. The average molecular weight is 479 g/mol. The van der Waals surface area contributed by atoms with Crippen molar-refractivity contribution in [3.63, 3.8) is 0 Å². The molecule has 1 aliphatic heterocycles. The zero-order valence-corrected chi connectivity index (χ0v) is 20.0. The van der Waals surface area contributed by atoms with Crippen LogP contribution >= 0.6 is 0 Å². The Bertz CT molecular complexity index is 1090. The number of piperazine rings is 1. The van der Waals surface area contributed by atoms with Gasteiger partial charge in [-0.05, 0) is 30.5 Å². The van der Waals surface area contributed by atoms with E-state index in [1.807, 2.05) is 19.9 Å². The van der Waals surface area contributed by atoms with Gasteiger partial charge in [0.25, 0.3) is 5.91 Å². The predicted molar refractivity (Wildman–Crippen MR) is 130 cm³/mol. The molecule has 1 aliphatic rings. The standard InChI is InChI=1S/C24H30N8O3/c1-17(2)7-13-32(23(34)28-10-8-25)21(33)19-5-3-4-18(16-19)20-6-9-27-22(29-20)30-24(35)31-14-11-26-12-15-31/h3-6,9,16-17,26H,7,10-15H2,1-2H3,(H,28,34)(H,27,29,30,35). The molecule has 2 aromatic rings. The maximum absolute atomic E-state index is 13.2. The van der Waals surface area contributed by atoms with E-state index in [1.165, 1.54) is 6.20 Å². The smallest absolute Gasteiger partial charge is 0.325 e. The molecule has 0 atom stereocenters. The number of nitrogens with one attached hydrogen (secondary N) is 3. The summed E-state index contributed by atoms with van der Waals surface area (Å²) in [4.78, 5) is 49.6. The highest BCUT2D eigenvalue weighted by Crippen LogP contribution is 2.20. The summed E-state index contributed by atoms with van der Waals surface area (Å²) in [5.41, 5.74) is 1.47. The molecule has 0 bridgehead atoms. The Labute approximate surface area is 204 Å². The molecule has 11 nitrogen and oxygen atoms in total. The molecule has 184 valence electrons. The first-order chi connectivity index (χ1) is 16.9. The second-order valence-electron chi connectivity index (χ2n) is 8.47. The highest BCUT2D eigenvalue weighted by atomic mass is 16.2. The van der Waals surface area contributed by atoms with Gasteiger partial charge in [0.1, 0.15) is 6.54 Å². The van der Waals surface area contributed by atoms with Gasteiger partial charge in [0.15, 0.2) is 0 Å². The van der Waals surface area contributed by atoms with Crippen molar-refractivity contribution in [2.24, 2.45) is 5.92 Å². The molecule has 0 radical (unpaired) electrons. The van der Waals surface area contributed by atoms with Crippen LogP contribution in [0, 0.1) is 17.2 Å². The van der Waals surface area contributed by atoms with Crippen molar-refractivity contribution in [1.82, 2.24) is 30.4 Å². The van der Waals surface area contributed by atoms with Crippen molar-refractivity contribution in [3.8, 4) is 17.3 Å². The minimum absolute atomic E-state index is 0.164. The molecule has 5 amide bonds. The van der Waals surface area contributed by atoms with Crippen LogP contribution in [0.1, 0.15) is 30.6 Å². The lowest BCUT2D eigenvalue weighted by molar-refractivity contribution is 0.0795. The summed E-state index contributed by atoms with van der Waals surface area (Å²) in [6.07, 6.45) is 2.17. The Morgan fingerprint density at radius 1 is 1.23 bits per heavy atom. The summed E-state index contributed by atoms with van der Waals surface area (Å²) in [7, 11) is 0. The predicted octanol–water partition coefficient (Wildman–Crippen LogP) is 2.30. The first-order valence-electron chi connectivity index (χ1n) is 11.6. The number of rotatable bonds is 7. The Balaban J connectivity index is 1.78. The van der Waals surface area contributed by atoms with Crippen LogP contribution in [-0.2, 0) is 0 Å². The Hall–Kier alpha value is -4.04. The van der Waals surface area contributed by atoms with Gasteiger partial charge >= 0.3 is 12.1 Å². The fourth-order valence-corrected chi connectivity index (χ4v) is 3.48. The second-order valence-corrected chi connectivity index (χ2v) is 8.47. The second kappa shape index (κ2) is 12.4. The maximum Gasteiger partial charge on any atom is 0.325 e. The summed E-state index contributed by atoms with van der Waals surface area (Å²) in [5.74, 6) is -0.0160. The summed E-state index contributed by atoms with van der Waals surface area (Å²) in [5, 5.41) is 17.1. The largest absolute Gasteiger partial charge is 0.325 e. The molecule has 0 spiro atoms. The number of benzene rings is 1. The molecule has 1 saturated heterocycles. The van der Waals surface area contributed by atoms with E-state index in [2.05, 4.69) is 25.9 Å². The van der Waals surface area contributed by atoms with Crippen LogP contribution in [0.2, 0.25) is 0 Å². The number of hydrogen-bond acceptors (Lipinski definition) is 7. The van der Waals surface area contributed by atoms with Gasteiger partial charge in [0, 0.05) is 50.0 Å². The number of nitrogens with zero attached hydrogens (tertiary/aromatic N) is 5. The molecule has 2 heterocycles. The van der Waals surface area contributed by atoms with Crippen molar-refractivity contribution in [3.05, 3.63) is 42.1 Å². The molecule has 0 aliphatic carbocycles. The van der Waals surface area contributed by atoms with E-state index < -0.39 is 11.9 Å². The molecule has 1 aromatic heterocycles. The first kappa shape index (κ1) is 25.6. The fraction of sp³-hybridized carbons (Fsp3) is 0.417. The molecular weight excluding hydrogens is 448 g/mol. The van der Waals surface area contributed by atoms with E-state index >= 15 is 0 Å². The van der Waals surface area contributed by atoms with Crippen molar-refractivity contribution in [1.29, 1.82) is 5.26 Å². The van der Waals surface area contributed by atoms with E-state index in [1.54, 1.807) is 35.2 Å². The van der Waals surface area contributed by atoms with Gasteiger partial charge in [0.05, 0.1) is 11.8 Å². The molecular formula is C24H30N8O3. The van der Waals surface area contributed by atoms with Gasteiger partial charge in [-0.25, -0.2) is 19.6 Å². The van der Waals surface area contributed by atoms with Gasteiger partial charge in [-0.2, -0.15) is 5.26 Å². The number of carbonyl (C=O) groups is 3. The maximum atomic E-state index is 13.2. The molecule has 35 heavy (non-hydrogen) atoms. The normalized spacial score (nSPS) is 13.1. The third-order valence-corrected chi connectivity index (χ3v) is 5.42. The number of amides is 5. The van der Waals surface area contributed by atoms with Crippen LogP contribution in [-0.4, -0.2) is 77.0 Å². The SMILES string of the molecule is CC(C)CCN(C(=O)NCC#N)C(=O)c1cccc(-c2ccnc(NC(=O)N3CCNCC3)n2)c1. The Morgan fingerprint density at radius 3 is 2.71 bits per heavy atom. The van der Waals surface area contributed by atoms with Crippen LogP contribution in [0.4, 0.5) is 15.5 Å². The molecule has 3 rings (SSSR count). The van der Waals surface area contributed by atoms with E-state index in [0.717, 1.165) is 18.0 Å². The average Bonchev–Trinajstić information content (AvgIpc) is 2.88. The van der Waals surface area contributed by atoms with Crippen LogP contribution in [0.15, 0.2) is 36.5 Å². The molecule has 1 aromatic carbocycles. The fourth-order valence-electron chi connectivity index (χ4n) is 3.48. The lowest BCUT2D eigenvalue weighted by atomic mass is 10.1. The molecule has 11 heteroatoms. The van der Waals surface area contributed by atoms with Crippen molar-refractivity contribution >= 4 is 23.9 Å². The van der Waals surface area contributed by atoms with Crippen LogP contribution in [0.3, 0.4) is 0 Å². The number of nitriles is 1. The topological polar surface area (TPSA) is 143 Å². The quantitative estimate of drug-likeness (QED) is 0.518. The van der Waals surface area contributed by atoms with Gasteiger partial charge in [-0.3, -0.25) is 15.0 Å². The van der Waals surface area contributed by atoms with Crippen molar-refractivity contribution in [2.75, 3.05) is 44.6 Å². The highest BCUT2D eigenvalue weighted by molar-refractivity contribution is 6.04. The summed E-state index contributed by atoms with van der Waals surface area (Å²) < 4.78 is 0. The van der Waals surface area contributed by atoms with Gasteiger partial charge in [-0.1, -0.05) is 26.0 Å². The Kier molecular flexibility index (Phi) is 9.09. The van der Waals surface area contributed by atoms with Crippen molar-refractivity contribution in [2.45, 2.75) is 20.3 Å². The zero-order chi connectivity index (χ0) is 25.2. The number of hydrogen-bond donors (Lipinski definition) is 3. The number of carbonyl (C=O) groups excluding carboxylic acids is 3. The molecule has 3 N–H and O–H groups in total. The summed E-state index contributed by atoms with van der Waals surface area (Å²) in [6, 6.07) is 9.42. The molecule has 0 unspecified atom stereocenters. The first-order valence-corrected chi connectivity index (χ1v) is 11.6. The van der Waals surface area contributed by atoms with Gasteiger partial charge in [0.2, 0.25) is 5.95 Å². The highest BCUT2D eigenvalue weighted by Gasteiger charge is 2.23. The van der Waals surface area contributed by atoms with E-state index in [9.17, 15) is 14.4 Å². The van der Waals surface area contributed by atoms with E-state index in [0.29, 0.717) is 36.3 Å². The van der Waals surface area contributed by atoms with Crippen LogP contribution in [0.25, 0.3) is 11.3 Å². The minimum Gasteiger partial charge on any atom is -0.325 e. The monoisotopic (exact) mass is 478 g/mol. The van der Waals surface area contributed by atoms with Crippen molar-refractivity contribution < 1.29 is 14.4 Å². The van der Waals surface area contributed by atoms with E-state index in [4.69, 9.17) is 5.26 Å². The zero-order valence-electron chi connectivity index (χ0n) is 20.0. The number of anilines is 1. The van der Waals surface area contributed by atoms with Gasteiger partial charge in [-0.15, -0.1) is 0 Å². The lowest BCUT2D eigenvalue weighted by Gasteiger charge is -2.27. The van der Waals surface area contributed by atoms with E-state index in [-0.39, 0.29) is 31.0 Å². The third kappa shape index (κ3) is 7.22. The lowest BCUT2D eigenvalue weighted by Crippen LogP contribution is -2.48.